The standard InChI is InChI=1S/C15H15BrClN/c1-10-5-12(9-13(16)6-10)15(18)8-11-3-2-4-14(17)7-11/h2-7,9,15H,8,18H2,1H3. The summed E-state index contributed by atoms with van der Waals surface area (Å²) in [5.41, 5.74) is 9.76. The molecule has 2 N–H and O–H groups in total. The monoisotopic (exact) mass is 323 g/mol. The zero-order valence-electron chi connectivity index (χ0n) is 10.2. The highest BCUT2D eigenvalue weighted by Crippen LogP contribution is 2.23. The molecule has 0 aliphatic carbocycles. The van der Waals surface area contributed by atoms with Crippen LogP contribution in [0, 0.1) is 6.92 Å². The highest BCUT2D eigenvalue weighted by molar-refractivity contribution is 9.10. The number of hydrogen-bond donors (Lipinski definition) is 1. The van der Waals surface area contributed by atoms with Crippen LogP contribution in [0.5, 0.6) is 0 Å². The number of aryl methyl sites for hydroxylation is 1. The first-order chi connectivity index (χ1) is 8.54. The lowest BCUT2D eigenvalue weighted by atomic mass is 9.98. The second-order valence-corrected chi connectivity index (χ2v) is 5.85. The summed E-state index contributed by atoms with van der Waals surface area (Å²) in [5, 5.41) is 0.755. The van der Waals surface area contributed by atoms with Crippen molar-refractivity contribution in [3.63, 3.8) is 0 Å². The van der Waals surface area contributed by atoms with E-state index in [0.29, 0.717) is 0 Å². The third kappa shape index (κ3) is 3.58. The molecule has 0 amide bonds. The maximum atomic E-state index is 6.25. The molecule has 0 saturated heterocycles. The first kappa shape index (κ1) is 13.6. The maximum Gasteiger partial charge on any atom is 0.0408 e. The van der Waals surface area contributed by atoms with Crippen LogP contribution in [0.25, 0.3) is 0 Å². The molecule has 3 heteroatoms. The molecule has 94 valence electrons. The van der Waals surface area contributed by atoms with E-state index in [2.05, 4.69) is 47.1 Å². The summed E-state index contributed by atoms with van der Waals surface area (Å²) in [7, 11) is 0. The Kier molecular flexibility index (Phi) is 4.44. The molecule has 1 nitrogen and oxygen atoms in total. The van der Waals surface area contributed by atoms with Crippen molar-refractivity contribution in [2.24, 2.45) is 5.73 Å². The van der Waals surface area contributed by atoms with Gasteiger partial charge in [-0.2, -0.15) is 0 Å². The minimum Gasteiger partial charge on any atom is -0.324 e. The lowest BCUT2D eigenvalue weighted by molar-refractivity contribution is 0.720. The Morgan fingerprint density at radius 1 is 1.22 bits per heavy atom. The lowest BCUT2D eigenvalue weighted by Gasteiger charge is -2.13. The molecule has 0 fully saturated rings. The summed E-state index contributed by atoms with van der Waals surface area (Å²) in [5.74, 6) is 0. The Morgan fingerprint density at radius 2 is 2.00 bits per heavy atom. The molecule has 0 radical (unpaired) electrons. The molecule has 18 heavy (non-hydrogen) atoms. The zero-order chi connectivity index (χ0) is 13.1. The van der Waals surface area contributed by atoms with Crippen molar-refractivity contribution in [3.8, 4) is 0 Å². The first-order valence-electron chi connectivity index (χ1n) is 5.82. The molecule has 0 spiro atoms. The van der Waals surface area contributed by atoms with Crippen LogP contribution in [0.1, 0.15) is 22.7 Å². The third-order valence-electron chi connectivity index (χ3n) is 2.84. The first-order valence-corrected chi connectivity index (χ1v) is 6.99. The quantitative estimate of drug-likeness (QED) is 0.873. The fourth-order valence-corrected chi connectivity index (χ4v) is 2.85. The summed E-state index contributed by atoms with van der Waals surface area (Å²) >= 11 is 9.48. The van der Waals surface area contributed by atoms with E-state index in [9.17, 15) is 0 Å². The summed E-state index contributed by atoms with van der Waals surface area (Å²) < 4.78 is 1.07. The van der Waals surface area contributed by atoms with Gasteiger partial charge in [0.15, 0.2) is 0 Å². The van der Waals surface area contributed by atoms with Gasteiger partial charge in [0.05, 0.1) is 0 Å². The van der Waals surface area contributed by atoms with Crippen LogP contribution in [-0.2, 0) is 6.42 Å². The topological polar surface area (TPSA) is 26.0 Å². The maximum absolute atomic E-state index is 6.25. The fourth-order valence-electron chi connectivity index (χ4n) is 2.01. The number of rotatable bonds is 3. The Bertz CT molecular complexity index is 534. The summed E-state index contributed by atoms with van der Waals surface area (Å²) in [4.78, 5) is 0. The number of nitrogens with two attached hydrogens (primary N) is 1. The molecule has 0 saturated carbocycles. The predicted molar refractivity (Wildman–Crippen MR) is 81.0 cm³/mol. The zero-order valence-corrected chi connectivity index (χ0v) is 12.5. The van der Waals surface area contributed by atoms with Gasteiger partial charge in [-0.3, -0.25) is 0 Å². The van der Waals surface area contributed by atoms with Crippen molar-refractivity contribution in [1.82, 2.24) is 0 Å². The van der Waals surface area contributed by atoms with E-state index in [0.717, 1.165) is 27.0 Å². The van der Waals surface area contributed by atoms with Gasteiger partial charge < -0.3 is 5.73 Å². The molecule has 1 atom stereocenters. The van der Waals surface area contributed by atoms with Crippen LogP contribution in [0.4, 0.5) is 0 Å². The second kappa shape index (κ2) is 5.87. The van der Waals surface area contributed by atoms with E-state index in [4.69, 9.17) is 17.3 Å². The molecule has 0 bridgehead atoms. The second-order valence-electron chi connectivity index (χ2n) is 4.50. The molecule has 0 heterocycles. The minimum atomic E-state index is -0.0142. The SMILES string of the molecule is Cc1cc(Br)cc(C(N)Cc2cccc(Cl)c2)c1. The molecule has 0 aromatic heterocycles. The molecular weight excluding hydrogens is 310 g/mol. The van der Waals surface area contributed by atoms with Gasteiger partial charge in [0.25, 0.3) is 0 Å². The van der Waals surface area contributed by atoms with Gasteiger partial charge in [-0.15, -0.1) is 0 Å². The number of benzene rings is 2. The van der Waals surface area contributed by atoms with Gasteiger partial charge >= 0.3 is 0 Å². The van der Waals surface area contributed by atoms with Gasteiger partial charge in [-0.05, 0) is 54.3 Å². The van der Waals surface area contributed by atoms with Crippen LogP contribution in [0.15, 0.2) is 46.9 Å². The van der Waals surface area contributed by atoms with Gasteiger partial charge in [0, 0.05) is 15.5 Å². The van der Waals surface area contributed by atoms with Crippen LogP contribution in [-0.4, -0.2) is 0 Å². The van der Waals surface area contributed by atoms with Crippen LogP contribution in [0.3, 0.4) is 0 Å². The van der Waals surface area contributed by atoms with Crippen molar-refractivity contribution in [3.05, 3.63) is 68.7 Å². The largest absolute Gasteiger partial charge is 0.324 e. The van der Waals surface area contributed by atoms with Gasteiger partial charge in [-0.1, -0.05) is 45.7 Å². The molecule has 2 rings (SSSR count). The fraction of sp³-hybridized carbons (Fsp3) is 0.200. The average molecular weight is 325 g/mol. The van der Waals surface area contributed by atoms with E-state index in [-0.39, 0.29) is 6.04 Å². The van der Waals surface area contributed by atoms with Crippen LogP contribution < -0.4 is 5.73 Å². The lowest BCUT2D eigenvalue weighted by Crippen LogP contribution is -2.13. The number of halogens is 2. The number of hydrogen-bond acceptors (Lipinski definition) is 1. The normalized spacial score (nSPS) is 12.4. The summed E-state index contributed by atoms with van der Waals surface area (Å²) in [6.07, 6.45) is 0.788. The Balaban J connectivity index is 2.19. The van der Waals surface area contributed by atoms with Crippen molar-refractivity contribution < 1.29 is 0 Å². The molecule has 0 aliphatic rings. The van der Waals surface area contributed by atoms with E-state index in [1.807, 2.05) is 18.2 Å². The third-order valence-corrected chi connectivity index (χ3v) is 3.53. The summed E-state index contributed by atoms with van der Waals surface area (Å²) in [6.45, 7) is 2.07. The van der Waals surface area contributed by atoms with Gasteiger partial charge in [0.1, 0.15) is 0 Å². The molecule has 0 aliphatic heterocycles. The van der Waals surface area contributed by atoms with Crippen LogP contribution in [0.2, 0.25) is 5.02 Å². The Labute approximate surface area is 121 Å². The summed E-state index contributed by atoms with van der Waals surface area (Å²) in [6, 6.07) is 14.1. The Hall–Kier alpha value is -0.830. The Morgan fingerprint density at radius 3 is 2.67 bits per heavy atom. The van der Waals surface area contributed by atoms with Crippen molar-refractivity contribution >= 4 is 27.5 Å². The minimum absolute atomic E-state index is 0.0142. The highest BCUT2D eigenvalue weighted by atomic mass is 79.9. The van der Waals surface area contributed by atoms with Crippen molar-refractivity contribution in [1.29, 1.82) is 0 Å². The average Bonchev–Trinajstić information content (AvgIpc) is 2.27. The van der Waals surface area contributed by atoms with Gasteiger partial charge in [0.2, 0.25) is 0 Å². The van der Waals surface area contributed by atoms with E-state index in [1.165, 1.54) is 5.56 Å². The molecule has 2 aromatic carbocycles. The molecule has 1 unspecified atom stereocenters. The van der Waals surface area contributed by atoms with E-state index < -0.39 is 0 Å². The van der Waals surface area contributed by atoms with E-state index in [1.54, 1.807) is 0 Å². The van der Waals surface area contributed by atoms with Crippen molar-refractivity contribution in [2.45, 2.75) is 19.4 Å². The molecular formula is C15H15BrClN. The predicted octanol–water partition coefficient (Wildman–Crippen LogP) is 4.65. The van der Waals surface area contributed by atoms with Crippen LogP contribution >= 0.6 is 27.5 Å². The smallest absolute Gasteiger partial charge is 0.0408 e. The molecule has 2 aromatic rings. The highest BCUT2D eigenvalue weighted by Gasteiger charge is 2.08. The van der Waals surface area contributed by atoms with Gasteiger partial charge in [-0.25, -0.2) is 0 Å². The van der Waals surface area contributed by atoms with E-state index >= 15 is 0 Å². The van der Waals surface area contributed by atoms with Crippen molar-refractivity contribution in [2.75, 3.05) is 0 Å².